The molecule has 0 saturated carbocycles. The van der Waals surface area contributed by atoms with E-state index in [0.717, 1.165) is 5.69 Å². The summed E-state index contributed by atoms with van der Waals surface area (Å²) in [5.41, 5.74) is 0.801. The number of carbonyl (C=O) groups excluding carboxylic acids is 3. The number of amides is 4. The summed E-state index contributed by atoms with van der Waals surface area (Å²) in [5.74, 6) is -0.472. The molecule has 1 aliphatic rings. The molecule has 1 aromatic heterocycles. The van der Waals surface area contributed by atoms with E-state index in [-0.39, 0.29) is 18.2 Å². The van der Waals surface area contributed by atoms with Crippen molar-refractivity contribution in [1.82, 2.24) is 20.5 Å². The van der Waals surface area contributed by atoms with Crippen LogP contribution in [0.1, 0.15) is 18.5 Å². The van der Waals surface area contributed by atoms with Crippen LogP contribution in [0.25, 0.3) is 0 Å². The normalized spacial score (nSPS) is 17.6. The lowest BCUT2D eigenvalue weighted by molar-refractivity contribution is -0.130. The van der Waals surface area contributed by atoms with Gasteiger partial charge >= 0.3 is 6.03 Å². The Labute approximate surface area is 116 Å². The minimum atomic E-state index is -0.616. The van der Waals surface area contributed by atoms with Crippen LogP contribution in [0.3, 0.4) is 0 Å². The predicted molar refractivity (Wildman–Crippen MR) is 70.4 cm³/mol. The first-order chi connectivity index (χ1) is 9.56. The average molecular weight is 276 g/mol. The molecule has 7 nitrogen and oxygen atoms in total. The van der Waals surface area contributed by atoms with E-state index in [2.05, 4.69) is 15.6 Å². The first-order valence-electron chi connectivity index (χ1n) is 6.31. The van der Waals surface area contributed by atoms with Crippen LogP contribution in [0.2, 0.25) is 0 Å². The molecular formula is C13H16N4O3. The Bertz CT molecular complexity index is 518. The van der Waals surface area contributed by atoms with Gasteiger partial charge in [0, 0.05) is 19.7 Å². The summed E-state index contributed by atoms with van der Waals surface area (Å²) in [7, 11) is 1.68. The van der Waals surface area contributed by atoms with Gasteiger partial charge in [-0.1, -0.05) is 6.07 Å². The van der Waals surface area contributed by atoms with E-state index >= 15 is 0 Å². The summed E-state index contributed by atoms with van der Waals surface area (Å²) in [6.45, 7) is 0.420. The van der Waals surface area contributed by atoms with E-state index in [1.165, 1.54) is 0 Å². The van der Waals surface area contributed by atoms with E-state index in [1.54, 1.807) is 18.1 Å². The molecule has 0 spiro atoms. The number of nitrogens with one attached hydrogen (secondary N) is 2. The molecule has 1 aliphatic heterocycles. The number of nitrogens with zero attached hydrogens (tertiary/aromatic N) is 2. The van der Waals surface area contributed by atoms with Gasteiger partial charge in [0.25, 0.3) is 5.91 Å². The van der Waals surface area contributed by atoms with Crippen molar-refractivity contribution in [3.8, 4) is 0 Å². The first-order valence-corrected chi connectivity index (χ1v) is 6.31. The van der Waals surface area contributed by atoms with Crippen molar-refractivity contribution in [3.05, 3.63) is 30.1 Å². The SMILES string of the molecule is CN(Cc1ccccn1)C(=O)CC[C@H]1NC(=O)NC1=O. The standard InChI is InChI=1S/C13H16N4O3/c1-17(8-9-4-2-3-7-14-9)11(18)6-5-10-12(19)16-13(20)15-10/h2-4,7,10H,5-6,8H2,1H3,(H2,15,16,19,20)/t10-/m1/s1. The molecule has 7 heteroatoms. The summed E-state index contributed by atoms with van der Waals surface area (Å²) in [4.78, 5) is 39.9. The van der Waals surface area contributed by atoms with Crippen LogP contribution in [0, 0.1) is 0 Å². The lowest BCUT2D eigenvalue weighted by atomic mass is 10.1. The highest BCUT2D eigenvalue weighted by Crippen LogP contribution is 2.06. The summed E-state index contributed by atoms with van der Waals surface area (Å²) >= 11 is 0. The highest BCUT2D eigenvalue weighted by molar-refractivity contribution is 6.04. The molecule has 4 amide bonds. The fraction of sp³-hybridized carbons (Fsp3) is 0.385. The maximum atomic E-state index is 11.9. The molecule has 2 heterocycles. The second-order valence-corrected chi connectivity index (χ2v) is 4.62. The summed E-state index contributed by atoms with van der Waals surface area (Å²) in [6.07, 6.45) is 2.16. The number of aromatic nitrogens is 1. The van der Waals surface area contributed by atoms with E-state index in [1.807, 2.05) is 18.2 Å². The molecule has 0 unspecified atom stereocenters. The topological polar surface area (TPSA) is 91.4 Å². The molecule has 2 N–H and O–H groups in total. The quantitative estimate of drug-likeness (QED) is 0.742. The molecule has 0 aromatic carbocycles. The van der Waals surface area contributed by atoms with Gasteiger partial charge in [-0.2, -0.15) is 0 Å². The van der Waals surface area contributed by atoms with Crippen molar-refractivity contribution in [2.24, 2.45) is 0 Å². The van der Waals surface area contributed by atoms with E-state index in [9.17, 15) is 14.4 Å². The zero-order valence-corrected chi connectivity index (χ0v) is 11.1. The van der Waals surface area contributed by atoms with Crippen molar-refractivity contribution in [2.75, 3.05) is 7.05 Å². The minimum absolute atomic E-state index is 0.0930. The number of imide groups is 1. The molecule has 0 bridgehead atoms. The Morgan fingerprint density at radius 1 is 1.40 bits per heavy atom. The van der Waals surface area contributed by atoms with Gasteiger partial charge in [0.05, 0.1) is 12.2 Å². The highest BCUT2D eigenvalue weighted by atomic mass is 16.2. The van der Waals surface area contributed by atoms with Gasteiger partial charge in [0.2, 0.25) is 5.91 Å². The van der Waals surface area contributed by atoms with Crippen LogP contribution in [0.5, 0.6) is 0 Å². The van der Waals surface area contributed by atoms with Gasteiger partial charge in [0.15, 0.2) is 0 Å². The lowest BCUT2D eigenvalue weighted by Gasteiger charge is -2.17. The third kappa shape index (κ3) is 3.53. The Morgan fingerprint density at radius 3 is 2.80 bits per heavy atom. The van der Waals surface area contributed by atoms with E-state index in [0.29, 0.717) is 13.0 Å². The smallest absolute Gasteiger partial charge is 0.322 e. The van der Waals surface area contributed by atoms with Crippen molar-refractivity contribution >= 4 is 17.8 Å². The summed E-state index contributed by atoms with van der Waals surface area (Å²) in [6, 6.07) is 4.39. The Hall–Kier alpha value is -2.44. The number of urea groups is 1. The molecule has 0 radical (unpaired) electrons. The van der Waals surface area contributed by atoms with Crippen molar-refractivity contribution in [3.63, 3.8) is 0 Å². The van der Waals surface area contributed by atoms with Gasteiger partial charge in [-0.15, -0.1) is 0 Å². The van der Waals surface area contributed by atoms with Crippen LogP contribution in [-0.2, 0) is 16.1 Å². The molecule has 1 aromatic rings. The van der Waals surface area contributed by atoms with Crippen molar-refractivity contribution < 1.29 is 14.4 Å². The Morgan fingerprint density at radius 2 is 2.20 bits per heavy atom. The largest absolute Gasteiger partial charge is 0.340 e. The summed E-state index contributed by atoms with van der Waals surface area (Å²) < 4.78 is 0. The van der Waals surface area contributed by atoms with Gasteiger partial charge in [-0.25, -0.2) is 4.79 Å². The second-order valence-electron chi connectivity index (χ2n) is 4.62. The number of pyridine rings is 1. The molecule has 2 rings (SSSR count). The van der Waals surface area contributed by atoms with Gasteiger partial charge in [0.1, 0.15) is 6.04 Å². The molecule has 1 saturated heterocycles. The molecule has 20 heavy (non-hydrogen) atoms. The van der Waals surface area contributed by atoms with Crippen LogP contribution in [0.4, 0.5) is 4.79 Å². The number of carbonyl (C=O) groups is 3. The molecular weight excluding hydrogens is 260 g/mol. The maximum absolute atomic E-state index is 11.9. The Kier molecular flexibility index (Phi) is 4.29. The van der Waals surface area contributed by atoms with E-state index in [4.69, 9.17) is 0 Å². The second kappa shape index (κ2) is 6.14. The summed E-state index contributed by atoms with van der Waals surface area (Å²) in [5, 5.41) is 4.60. The number of rotatable bonds is 5. The Balaban J connectivity index is 1.80. The van der Waals surface area contributed by atoms with Crippen LogP contribution >= 0.6 is 0 Å². The van der Waals surface area contributed by atoms with Crippen LogP contribution in [0.15, 0.2) is 24.4 Å². The monoisotopic (exact) mass is 276 g/mol. The third-order valence-electron chi connectivity index (χ3n) is 3.06. The van der Waals surface area contributed by atoms with Gasteiger partial charge in [-0.05, 0) is 18.6 Å². The van der Waals surface area contributed by atoms with Crippen molar-refractivity contribution in [1.29, 1.82) is 0 Å². The average Bonchev–Trinajstić information content (AvgIpc) is 2.75. The molecule has 0 aliphatic carbocycles. The zero-order chi connectivity index (χ0) is 14.5. The number of hydrogen-bond donors (Lipinski definition) is 2. The molecule has 106 valence electrons. The maximum Gasteiger partial charge on any atom is 0.322 e. The van der Waals surface area contributed by atoms with Gasteiger partial charge < -0.3 is 10.2 Å². The van der Waals surface area contributed by atoms with Gasteiger partial charge in [-0.3, -0.25) is 19.9 Å². The molecule has 1 fully saturated rings. The zero-order valence-electron chi connectivity index (χ0n) is 11.1. The number of hydrogen-bond acceptors (Lipinski definition) is 4. The highest BCUT2D eigenvalue weighted by Gasteiger charge is 2.29. The van der Waals surface area contributed by atoms with Crippen molar-refractivity contribution in [2.45, 2.75) is 25.4 Å². The first kappa shape index (κ1) is 14.0. The third-order valence-corrected chi connectivity index (χ3v) is 3.06. The lowest BCUT2D eigenvalue weighted by Crippen LogP contribution is -2.32. The predicted octanol–water partition coefficient (Wildman–Crippen LogP) is 0.0282. The fourth-order valence-electron chi connectivity index (χ4n) is 1.94. The van der Waals surface area contributed by atoms with Crippen LogP contribution in [-0.4, -0.2) is 40.8 Å². The molecule has 1 atom stereocenters. The minimum Gasteiger partial charge on any atom is -0.340 e. The van der Waals surface area contributed by atoms with Crippen LogP contribution < -0.4 is 10.6 Å². The fourth-order valence-corrected chi connectivity index (χ4v) is 1.94. The van der Waals surface area contributed by atoms with E-state index < -0.39 is 12.1 Å².